The predicted octanol–water partition coefficient (Wildman–Crippen LogP) is 1.46. The zero-order valence-corrected chi connectivity index (χ0v) is 13.1. The van der Waals surface area contributed by atoms with Crippen molar-refractivity contribution in [2.75, 3.05) is 13.7 Å². The van der Waals surface area contributed by atoms with E-state index >= 15 is 0 Å². The van der Waals surface area contributed by atoms with Crippen LogP contribution in [-0.4, -0.2) is 53.9 Å². The van der Waals surface area contributed by atoms with Crippen molar-refractivity contribution >= 4 is 6.03 Å². The number of aliphatic hydroxyl groups is 1. The number of amides is 2. The number of rotatable bonds is 5. The molecule has 3 atom stereocenters. The molecule has 3 N–H and O–H groups in total. The van der Waals surface area contributed by atoms with Crippen LogP contribution in [-0.2, 0) is 0 Å². The minimum Gasteiger partial charge on any atom is -0.396 e. The van der Waals surface area contributed by atoms with Crippen molar-refractivity contribution in [1.82, 2.24) is 15.5 Å². The van der Waals surface area contributed by atoms with E-state index in [1.54, 1.807) is 0 Å². The molecule has 1 saturated carbocycles. The lowest BCUT2D eigenvalue weighted by atomic mass is 9.82. The van der Waals surface area contributed by atoms with Crippen LogP contribution in [0.3, 0.4) is 0 Å². The third kappa shape index (κ3) is 3.69. The molecule has 21 heavy (non-hydrogen) atoms. The summed E-state index contributed by atoms with van der Waals surface area (Å²) >= 11 is 0. The lowest BCUT2D eigenvalue weighted by Crippen LogP contribution is -2.57. The number of nitrogens with one attached hydrogen (secondary N) is 2. The van der Waals surface area contributed by atoms with Crippen LogP contribution in [0.1, 0.15) is 51.4 Å². The minimum atomic E-state index is -0.0343. The summed E-state index contributed by atoms with van der Waals surface area (Å²) in [5.41, 5.74) is 0. The van der Waals surface area contributed by atoms with Gasteiger partial charge in [-0.05, 0) is 57.9 Å². The Labute approximate surface area is 127 Å². The molecule has 120 valence electrons. The number of piperidine rings is 2. The molecule has 3 fully saturated rings. The van der Waals surface area contributed by atoms with Crippen LogP contribution in [0.4, 0.5) is 4.79 Å². The number of hydrogen-bond acceptors (Lipinski definition) is 3. The molecule has 2 heterocycles. The summed E-state index contributed by atoms with van der Waals surface area (Å²) < 4.78 is 0. The van der Waals surface area contributed by atoms with Gasteiger partial charge in [0.2, 0.25) is 0 Å². The van der Waals surface area contributed by atoms with Crippen molar-refractivity contribution in [3.8, 4) is 0 Å². The van der Waals surface area contributed by atoms with Gasteiger partial charge in [-0.15, -0.1) is 0 Å². The smallest absolute Gasteiger partial charge is 0.315 e. The molecule has 2 aliphatic heterocycles. The van der Waals surface area contributed by atoms with Gasteiger partial charge in [-0.2, -0.15) is 0 Å². The number of hydrogen-bond donors (Lipinski definition) is 3. The molecule has 2 saturated heterocycles. The summed E-state index contributed by atoms with van der Waals surface area (Å²) in [5, 5.41) is 15.4. The lowest BCUT2D eigenvalue weighted by Gasteiger charge is -2.47. The molecule has 0 radical (unpaired) electrons. The molecule has 0 aromatic carbocycles. The van der Waals surface area contributed by atoms with Gasteiger partial charge in [0, 0.05) is 30.8 Å². The van der Waals surface area contributed by atoms with Crippen molar-refractivity contribution in [1.29, 1.82) is 0 Å². The second-order valence-corrected chi connectivity index (χ2v) is 7.15. The number of urea groups is 1. The average molecular weight is 295 g/mol. The molecule has 0 aromatic heterocycles. The first-order valence-electron chi connectivity index (χ1n) is 8.57. The monoisotopic (exact) mass is 295 g/mol. The van der Waals surface area contributed by atoms with Crippen molar-refractivity contribution < 1.29 is 9.90 Å². The fourth-order valence-electron chi connectivity index (χ4n) is 4.19. The molecule has 0 spiro atoms. The molecule has 1 aliphatic carbocycles. The third-order valence-electron chi connectivity index (χ3n) is 5.62. The van der Waals surface area contributed by atoms with Crippen LogP contribution in [0, 0.1) is 5.92 Å². The summed E-state index contributed by atoms with van der Waals surface area (Å²) in [6.45, 7) is 0.153. The van der Waals surface area contributed by atoms with E-state index < -0.39 is 0 Å². The molecule has 5 heteroatoms. The number of nitrogens with zero attached hydrogens (tertiary/aromatic N) is 1. The highest BCUT2D eigenvalue weighted by Gasteiger charge is 2.37. The fraction of sp³-hybridized carbons (Fsp3) is 0.938. The topological polar surface area (TPSA) is 64.6 Å². The van der Waals surface area contributed by atoms with Gasteiger partial charge in [0.15, 0.2) is 0 Å². The summed E-state index contributed by atoms with van der Waals surface area (Å²) in [6.07, 6.45) is 9.06. The van der Waals surface area contributed by atoms with Crippen LogP contribution in [0.15, 0.2) is 0 Å². The van der Waals surface area contributed by atoms with E-state index in [-0.39, 0.29) is 18.7 Å². The van der Waals surface area contributed by atoms with Crippen LogP contribution in [0.5, 0.6) is 0 Å². The van der Waals surface area contributed by atoms with E-state index in [4.69, 9.17) is 5.11 Å². The Kier molecular flexibility index (Phi) is 4.69. The first kappa shape index (κ1) is 15.1. The second kappa shape index (κ2) is 6.53. The summed E-state index contributed by atoms with van der Waals surface area (Å²) in [6, 6.07) is 1.71. The zero-order chi connectivity index (χ0) is 14.8. The van der Waals surface area contributed by atoms with E-state index in [1.165, 1.54) is 32.1 Å². The van der Waals surface area contributed by atoms with Gasteiger partial charge in [-0.1, -0.05) is 6.42 Å². The van der Waals surface area contributed by atoms with E-state index in [0.29, 0.717) is 30.5 Å². The van der Waals surface area contributed by atoms with Gasteiger partial charge < -0.3 is 20.6 Å². The first-order chi connectivity index (χ1) is 10.2. The molecule has 3 aliphatic rings. The maximum Gasteiger partial charge on any atom is 0.315 e. The SMILES string of the molecule is CN1C2CCCC1CC(NC(=O)NC(CCO)C1CC1)C2. The normalized spacial score (nSPS) is 34.3. The highest BCUT2D eigenvalue weighted by atomic mass is 16.3. The van der Waals surface area contributed by atoms with Gasteiger partial charge >= 0.3 is 6.03 Å². The van der Waals surface area contributed by atoms with E-state index in [2.05, 4.69) is 22.6 Å². The number of carbonyl (C=O) groups is 1. The van der Waals surface area contributed by atoms with Crippen LogP contribution < -0.4 is 10.6 Å². The molecular weight excluding hydrogens is 266 g/mol. The molecular formula is C16H29N3O2. The van der Waals surface area contributed by atoms with E-state index in [0.717, 1.165) is 12.8 Å². The number of aliphatic hydroxyl groups excluding tert-OH is 1. The van der Waals surface area contributed by atoms with Gasteiger partial charge in [-0.25, -0.2) is 4.79 Å². The van der Waals surface area contributed by atoms with Crippen molar-refractivity contribution in [2.24, 2.45) is 5.92 Å². The Balaban J connectivity index is 1.48. The van der Waals surface area contributed by atoms with Gasteiger partial charge in [0.05, 0.1) is 0 Å². The second-order valence-electron chi connectivity index (χ2n) is 7.15. The fourth-order valence-corrected chi connectivity index (χ4v) is 4.19. The largest absolute Gasteiger partial charge is 0.396 e. The van der Waals surface area contributed by atoms with E-state index in [1.807, 2.05) is 0 Å². The van der Waals surface area contributed by atoms with Crippen molar-refractivity contribution in [3.05, 3.63) is 0 Å². The van der Waals surface area contributed by atoms with Gasteiger partial charge in [0.1, 0.15) is 0 Å². The Morgan fingerprint density at radius 2 is 1.90 bits per heavy atom. The van der Waals surface area contributed by atoms with Crippen molar-refractivity contribution in [2.45, 2.75) is 75.5 Å². The predicted molar refractivity (Wildman–Crippen MR) is 82.1 cm³/mol. The molecule has 3 rings (SSSR count). The molecule has 2 amide bonds. The summed E-state index contributed by atoms with van der Waals surface area (Å²) in [7, 11) is 2.23. The molecule has 3 unspecified atom stereocenters. The number of fused-ring (bicyclic) bond motifs is 2. The van der Waals surface area contributed by atoms with Gasteiger partial charge in [-0.3, -0.25) is 0 Å². The third-order valence-corrected chi connectivity index (χ3v) is 5.62. The van der Waals surface area contributed by atoms with Crippen LogP contribution in [0.25, 0.3) is 0 Å². The maximum atomic E-state index is 12.2. The Morgan fingerprint density at radius 1 is 1.24 bits per heavy atom. The highest BCUT2D eigenvalue weighted by molar-refractivity contribution is 5.74. The average Bonchev–Trinajstić information content (AvgIpc) is 3.24. The molecule has 0 aromatic rings. The number of carbonyl (C=O) groups excluding carboxylic acids is 1. The van der Waals surface area contributed by atoms with Crippen LogP contribution in [0.2, 0.25) is 0 Å². The molecule has 5 nitrogen and oxygen atoms in total. The first-order valence-corrected chi connectivity index (χ1v) is 8.57. The highest BCUT2D eigenvalue weighted by Crippen LogP contribution is 2.34. The summed E-state index contributed by atoms with van der Waals surface area (Å²) in [5.74, 6) is 0.583. The maximum absolute atomic E-state index is 12.2. The van der Waals surface area contributed by atoms with E-state index in [9.17, 15) is 4.79 Å². The molecule has 2 bridgehead atoms. The van der Waals surface area contributed by atoms with Crippen LogP contribution >= 0.6 is 0 Å². The Morgan fingerprint density at radius 3 is 2.48 bits per heavy atom. The van der Waals surface area contributed by atoms with Gasteiger partial charge in [0.25, 0.3) is 0 Å². The zero-order valence-electron chi connectivity index (χ0n) is 13.1. The van der Waals surface area contributed by atoms with Crippen molar-refractivity contribution in [3.63, 3.8) is 0 Å². The quantitative estimate of drug-likeness (QED) is 0.719. The standard InChI is InChI=1S/C16H29N3O2/c1-19-13-3-2-4-14(19)10-12(9-13)17-16(21)18-15(7-8-20)11-5-6-11/h11-15,20H,2-10H2,1H3,(H2,17,18,21). The lowest BCUT2D eigenvalue weighted by molar-refractivity contribution is 0.0507. The summed E-state index contributed by atoms with van der Waals surface area (Å²) in [4.78, 5) is 14.7. The Hall–Kier alpha value is -0.810. The minimum absolute atomic E-state index is 0.0343. The Bertz CT molecular complexity index is 359.